The van der Waals surface area contributed by atoms with E-state index in [-0.39, 0.29) is 5.69 Å². The third kappa shape index (κ3) is 2.50. The Labute approximate surface area is 130 Å². The van der Waals surface area contributed by atoms with Crippen molar-refractivity contribution in [3.05, 3.63) is 40.7 Å². The van der Waals surface area contributed by atoms with E-state index in [0.29, 0.717) is 5.76 Å². The SMILES string of the molecule is CC1(C)OC2=CN[C@H](C(=O)Nc3ccc(F)c(Cl)c3F)[C@@H]2O1. The minimum absolute atomic E-state index is 0.204. The number of ether oxygens (including phenoxy) is 2. The molecule has 5 nitrogen and oxygen atoms in total. The summed E-state index contributed by atoms with van der Waals surface area (Å²) >= 11 is 5.48. The molecule has 0 radical (unpaired) electrons. The van der Waals surface area contributed by atoms with E-state index in [1.54, 1.807) is 13.8 Å². The number of hydrogen-bond donors (Lipinski definition) is 2. The quantitative estimate of drug-likeness (QED) is 0.818. The van der Waals surface area contributed by atoms with Crippen LogP contribution in [0.4, 0.5) is 14.5 Å². The summed E-state index contributed by atoms with van der Waals surface area (Å²) in [5.74, 6) is -2.79. The van der Waals surface area contributed by atoms with Crippen LogP contribution in [-0.4, -0.2) is 23.8 Å². The number of fused-ring (bicyclic) bond motifs is 1. The van der Waals surface area contributed by atoms with E-state index >= 15 is 0 Å². The molecule has 0 aromatic heterocycles. The molecule has 0 bridgehead atoms. The van der Waals surface area contributed by atoms with Crippen molar-refractivity contribution in [2.45, 2.75) is 31.8 Å². The Morgan fingerprint density at radius 2 is 2.14 bits per heavy atom. The number of hydrogen-bond acceptors (Lipinski definition) is 4. The number of carbonyl (C=O) groups excluding carboxylic acids is 1. The van der Waals surface area contributed by atoms with Crippen molar-refractivity contribution in [1.82, 2.24) is 5.32 Å². The number of anilines is 1. The fourth-order valence-electron chi connectivity index (χ4n) is 2.38. The van der Waals surface area contributed by atoms with Gasteiger partial charge in [0, 0.05) is 20.0 Å². The first-order valence-electron chi connectivity index (χ1n) is 6.56. The number of amides is 1. The lowest BCUT2D eigenvalue weighted by Gasteiger charge is -2.21. The lowest BCUT2D eigenvalue weighted by atomic mass is 10.1. The standard InChI is InChI=1S/C14H13ClF2N2O3/c1-14(2)21-8-5-18-11(12(8)22-14)13(20)19-7-4-3-6(16)9(15)10(7)17/h3-5,11-12,18H,1-2H3,(H,19,20)/t11-,12+/m0/s1. The molecule has 0 spiro atoms. The van der Waals surface area contributed by atoms with E-state index in [1.165, 1.54) is 6.20 Å². The molecule has 2 atom stereocenters. The maximum Gasteiger partial charge on any atom is 0.250 e. The molecule has 2 aliphatic heterocycles. The Morgan fingerprint density at radius 3 is 2.86 bits per heavy atom. The third-order valence-electron chi connectivity index (χ3n) is 3.34. The molecule has 1 amide bonds. The van der Waals surface area contributed by atoms with Gasteiger partial charge < -0.3 is 20.1 Å². The van der Waals surface area contributed by atoms with Gasteiger partial charge in [-0.25, -0.2) is 8.78 Å². The van der Waals surface area contributed by atoms with Gasteiger partial charge in [-0.05, 0) is 12.1 Å². The molecule has 8 heteroatoms. The zero-order valence-electron chi connectivity index (χ0n) is 11.7. The van der Waals surface area contributed by atoms with E-state index in [4.69, 9.17) is 21.1 Å². The van der Waals surface area contributed by atoms with Crippen molar-refractivity contribution in [1.29, 1.82) is 0 Å². The minimum Gasteiger partial charge on any atom is -0.463 e. The van der Waals surface area contributed by atoms with Gasteiger partial charge in [0.1, 0.15) is 28.7 Å². The average molecular weight is 331 g/mol. The van der Waals surface area contributed by atoms with Crippen LogP contribution in [0, 0.1) is 11.6 Å². The molecular formula is C14H13ClF2N2O3. The predicted octanol–water partition coefficient (Wildman–Crippen LogP) is 2.52. The largest absolute Gasteiger partial charge is 0.463 e. The first-order chi connectivity index (χ1) is 10.3. The maximum absolute atomic E-state index is 13.8. The van der Waals surface area contributed by atoms with Crippen molar-refractivity contribution in [2.75, 3.05) is 5.32 Å². The van der Waals surface area contributed by atoms with Gasteiger partial charge >= 0.3 is 0 Å². The van der Waals surface area contributed by atoms with Crippen LogP contribution in [0.15, 0.2) is 24.1 Å². The van der Waals surface area contributed by atoms with Crippen molar-refractivity contribution in [3.8, 4) is 0 Å². The van der Waals surface area contributed by atoms with E-state index in [1.807, 2.05) is 0 Å². The van der Waals surface area contributed by atoms with Crippen molar-refractivity contribution < 1.29 is 23.0 Å². The highest BCUT2D eigenvalue weighted by Crippen LogP contribution is 2.35. The second kappa shape index (κ2) is 5.10. The summed E-state index contributed by atoms with van der Waals surface area (Å²) in [4.78, 5) is 12.3. The summed E-state index contributed by atoms with van der Waals surface area (Å²) in [6.07, 6.45) is 0.937. The van der Waals surface area contributed by atoms with Crippen LogP contribution in [0.1, 0.15) is 13.8 Å². The number of benzene rings is 1. The van der Waals surface area contributed by atoms with E-state index in [0.717, 1.165) is 12.1 Å². The van der Waals surface area contributed by atoms with Crippen LogP contribution in [0.2, 0.25) is 5.02 Å². The molecule has 0 unspecified atom stereocenters. The summed E-state index contributed by atoms with van der Waals surface area (Å²) in [7, 11) is 0. The normalized spacial score (nSPS) is 25.0. The van der Waals surface area contributed by atoms with Gasteiger partial charge in [-0.1, -0.05) is 11.6 Å². The number of rotatable bonds is 2. The number of nitrogens with one attached hydrogen (secondary N) is 2. The van der Waals surface area contributed by atoms with Crippen LogP contribution in [-0.2, 0) is 14.3 Å². The Bertz CT molecular complexity index is 678. The highest BCUT2D eigenvalue weighted by Gasteiger charge is 2.48. The first kappa shape index (κ1) is 15.1. The summed E-state index contributed by atoms with van der Waals surface area (Å²) in [6.45, 7) is 3.45. The molecule has 2 N–H and O–H groups in total. The topological polar surface area (TPSA) is 59.6 Å². The molecule has 118 valence electrons. The van der Waals surface area contributed by atoms with Crippen molar-refractivity contribution in [3.63, 3.8) is 0 Å². The number of carbonyl (C=O) groups is 1. The van der Waals surface area contributed by atoms with Crippen LogP contribution >= 0.6 is 11.6 Å². The molecule has 1 aromatic carbocycles. The van der Waals surface area contributed by atoms with Crippen molar-refractivity contribution in [2.24, 2.45) is 0 Å². The zero-order valence-corrected chi connectivity index (χ0v) is 12.5. The summed E-state index contributed by atoms with van der Waals surface area (Å²) in [6, 6.07) is 1.30. The Hall–Kier alpha value is -1.86. The summed E-state index contributed by atoms with van der Waals surface area (Å²) in [5, 5.41) is 4.50. The fourth-order valence-corrected chi connectivity index (χ4v) is 2.54. The molecule has 3 rings (SSSR count). The van der Waals surface area contributed by atoms with Crippen LogP contribution in [0.25, 0.3) is 0 Å². The van der Waals surface area contributed by atoms with Gasteiger partial charge in [-0.3, -0.25) is 4.79 Å². The third-order valence-corrected chi connectivity index (χ3v) is 3.68. The molecule has 0 saturated carbocycles. The molecule has 0 aliphatic carbocycles. The lowest BCUT2D eigenvalue weighted by molar-refractivity contribution is -0.143. The van der Waals surface area contributed by atoms with E-state index in [2.05, 4.69) is 10.6 Å². The molecule has 1 saturated heterocycles. The zero-order chi connectivity index (χ0) is 16.1. The van der Waals surface area contributed by atoms with Crippen molar-refractivity contribution >= 4 is 23.2 Å². The van der Waals surface area contributed by atoms with Gasteiger partial charge in [0.2, 0.25) is 11.7 Å². The van der Waals surface area contributed by atoms with Crippen LogP contribution in [0.3, 0.4) is 0 Å². The van der Waals surface area contributed by atoms with Gasteiger partial charge in [0.25, 0.3) is 0 Å². The Morgan fingerprint density at radius 1 is 1.41 bits per heavy atom. The highest BCUT2D eigenvalue weighted by atomic mass is 35.5. The summed E-state index contributed by atoms with van der Waals surface area (Å²) < 4.78 is 38.1. The van der Waals surface area contributed by atoms with E-state index in [9.17, 15) is 13.6 Å². The molecule has 2 heterocycles. The smallest absolute Gasteiger partial charge is 0.250 e. The van der Waals surface area contributed by atoms with Gasteiger partial charge in [-0.2, -0.15) is 0 Å². The number of halogens is 3. The highest BCUT2D eigenvalue weighted by molar-refractivity contribution is 6.31. The van der Waals surface area contributed by atoms with Crippen LogP contribution in [0.5, 0.6) is 0 Å². The maximum atomic E-state index is 13.8. The average Bonchev–Trinajstić information content (AvgIpc) is 2.94. The Balaban J connectivity index is 1.76. The van der Waals surface area contributed by atoms with E-state index < -0.39 is 40.5 Å². The molecule has 22 heavy (non-hydrogen) atoms. The molecule has 1 aromatic rings. The Kier molecular flexibility index (Phi) is 3.49. The van der Waals surface area contributed by atoms with Gasteiger partial charge in [-0.15, -0.1) is 0 Å². The van der Waals surface area contributed by atoms with Gasteiger partial charge in [0.15, 0.2) is 5.82 Å². The predicted molar refractivity (Wildman–Crippen MR) is 75.0 cm³/mol. The fraction of sp³-hybridized carbons (Fsp3) is 0.357. The van der Waals surface area contributed by atoms with Crippen LogP contribution < -0.4 is 10.6 Å². The summed E-state index contributed by atoms with van der Waals surface area (Å²) in [5.41, 5.74) is -0.204. The second-order valence-corrected chi connectivity index (χ2v) is 5.82. The first-order valence-corrected chi connectivity index (χ1v) is 6.93. The molecular weight excluding hydrogens is 318 g/mol. The van der Waals surface area contributed by atoms with Gasteiger partial charge in [0.05, 0.1) is 5.69 Å². The molecule has 1 fully saturated rings. The molecule has 2 aliphatic rings. The second-order valence-electron chi connectivity index (χ2n) is 5.44. The lowest BCUT2D eigenvalue weighted by Crippen LogP contribution is -2.44. The monoisotopic (exact) mass is 330 g/mol. The minimum atomic E-state index is -1.02.